The zero-order valence-corrected chi connectivity index (χ0v) is 6.83. The van der Waals surface area contributed by atoms with E-state index in [2.05, 4.69) is 0 Å². The van der Waals surface area contributed by atoms with Gasteiger partial charge in [-0.25, -0.2) is 0 Å². The molecule has 0 amide bonds. The van der Waals surface area contributed by atoms with Gasteiger partial charge in [-0.1, -0.05) is 6.42 Å². The van der Waals surface area contributed by atoms with Gasteiger partial charge in [-0.05, 0) is 12.8 Å². The molecule has 0 radical (unpaired) electrons. The van der Waals surface area contributed by atoms with Crippen LogP contribution in [-0.4, -0.2) is 20.8 Å². The van der Waals surface area contributed by atoms with Gasteiger partial charge in [-0.15, -0.1) is 3.89 Å². The highest BCUT2D eigenvalue weighted by molar-refractivity contribution is 7.86. The van der Waals surface area contributed by atoms with Gasteiger partial charge in [-0.3, -0.25) is 4.39 Å². The van der Waals surface area contributed by atoms with Crippen LogP contribution < -0.4 is 0 Å². The highest BCUT2D eigenvalue weighted by Crippen LogP contribution is 2.42. The highest BCUT2D eigenvalue weighted by atomic mass is 32.3. The largest absolute Gasteiger partial charge is 0.303 e. The molecule has 0 aromatic carbocycles. The van der Waals surface area contributed by atoms with Crippen LogP contribution >= 0.6 is 0 Å². The molecular weight excluding hydrogens is 174 g/mol. The molecule has 2 nitrogen and oxygen atoms in total. The van der Waals surface area contributed by atoms with Crippen LogP contribution in [0.4, 0.5) is 8.28 Å². The topological polar surface area (TPSA) is 34.1 Å². The third-order valence-electron chi connectivity index (χ3n) is 2.18. The van der Waals surface area contributed by atoms with Crippen LogP contribution in [0.1, 0.15) is 19.3 Å². The van der Waals surface area contributed by atoms with Crippen LogP contribution in [-0.2, 0) is 10.2 Å². The first kappa shape index (κ1) is 8.90. The molecule has 1 saturated carbocycles. The number of alkyl halides is 1. The van der Waals surface area contributed by atoms with Gasteiger partial charge in [0, 0.05) is 5.41 Å². The lowest BCUT2D eigenvalue weighted by atomic mass is 9.71. The molecule has 0 aromatic rings. The van der Waals surface area contributed by atoms with Gasteiger partial charge >= 0.3 is 10.2 Å². The van der Waals surface area contributed by atoms with Crippen molar-refractivity contribution in [3.63, 3.8) is 0 Å². The van der Waals surface area contributed by atoms with Crippen molar-refractivity contribution < 1.29 is 16.7 Å². The Hall–Kier alpha value is -0.190. The Morgan fingerprint density at radius 2 is 1.91 bits per heavy atom. The summed E-state index contributed by atoms with van der Waals surface area (Å²) in [6, 6.07) is 0. The summed E-state index contributed by atoms with van der Waals surface area (Å²) in [5, 5.41) is 0. The van der Waals surface area contributed by atoms with Crippen LogP contribution in [0.25, 0.3) is 0 Å². The lowest BCUT2D eigenvalue weighted by molar-refractivity contribution is 0.117. The Labute approximate surface area is 64.8 Å². The second-order valence-corrected chi connectivity index (χ2v) is 4.54. The average Bonchev–Trinajstić information content (AvgIpc) is 1.77. The summed E-state index contributed by atoms with van der Waals surface area (Å²) in [6.45, 7) is -0.726. The van der Waals surface area contributed by atoms with E-state index in [0.29, 0.717) is 12.8 Å². The fraction of sp³-hybridized carbons (Fsp3) is 1.00. The summed E-state index contributed by atoms with van der Waals surface area (Å²) in [6.07, 6.45) is 1.79. The molecule has 0 spiro atoms. The van der Waals surface area contributed by atoms with Crippen molar-refractivity contribution >= 4 is 10.2 Å². The van der Waals surface area contributed by atoms with Crippen LogP contribution in [0, 0.1) is 5.41 Å². The predicted molar refractivity (Wildman–Crippen MR) is 37.2 cm³/mol. The van der Waals surface area contributed by atoms with Crippen molar-refractivity contribution in [2.45, 2.75) is 19.3 Å². The molecule has 0 aromatic heterocycles. The zero-order valence-electron chi connectivity index (χ0n) is 6.02. The molecule has 0 bridgehead atoms. The minimum absolute atomic E-state index is 0.493. The maximum absolute atomic E-state index is 12.2. The maximum atomic E-state index is 12.2. The van der Waals surface area contributed by atoms with Gasteiger partial charge in [0.2, 0.25) is 0 Å². The van der Waals surface area contributed by atoms with Crippen molar-refractivity contribution in [3.05, 3.63) is 0 Å². The molecule has 1 aliphatic rings. The number of hydrogen-bond acceptors (Lipinski definition) is 2. The molecule has 0 heterocycles. The molecule has 0 saturated heterocycles. The van der Waals surface area contributed by atoms with Gasteiger partial charge in [-0.2, -0.15) is 8.42 Å². The Morgan fingerprint density at radius 3 is 2.00 bits per heavy atom. The van der Waals surface area contributed by atoms with Crippen molar-refractivity contribution in [1.82, 2.24) is 0 Å². The van der Waals surface area contributed by atoms with E-state index >= 15 is 0 Å². The Bertz CT molecular complexity index is 225. The summed E-state index contributed by atoms with van der Waals surface area (Å²) < 4.78 is 44.6. The quantitative estimate of drug-likeness (QED) is 0.622. The van der Waals surface area contributed by atoms with Crippen LogP contribution in [0.3, 0.4) is 0 Å². The van der Waals surface area contributed by atoms with E-state index in [0.717, 1.165) is 6.42 Å². The van der Waals surface area contributed by atoms with Crippen molar-refractivity contribution in [2.75, 3.05) is 12.4 Å². The summed E-state index contributed by atoms with van der Waals surface area (Å²) >= 11 is 0. The first-order chi connectivity index (χ1) is 4.97. The molecule has 66 valence electrons. The normalized spacial score (nSPS) is 22.7. The minimum atomic E-state index is -4.49. The van der Waals surface area contributed by atoms with Gasteiger partial charge in [0.05, 0.1) is 12.4 Å². The second kappa shape index (κ2) is 2.69. The third kappa shape index (κ3) is 2.12. The third-order valence-corrected chi connectivity index (χ3v) is 3.13. The SMILES string of the molecule is O=S(=O)(F)CC1(CF)CCC1. The molecular formula is C6H10F2O2S. The van der Waals surface area contributed by atoms with Gasteiger partial charge in [0.15, 0.2) is 0 Å². The number of rotatable bonds is 3. The van der Waals surface area contributed by atoms with E-state index in [-0.39, 0.29) is 0 Å². The summed E-state index contributed by atoms with van der Waals surface area (Å²) in [7, 11) is -4.49. The maximum Gasteiger partial charge on any atom is 0.303 e. The smallest absolute Gasteiger partial charge is 0.250 e. The fourth-order valence-electron chi connectivity index (χ4n) is 1.36. The molecule has 5 heteroatoms. The zero-order chi connectivity index (χ0) is 8.54. The standard InChI is InChI=1S/C6H10F2O2S/c7-4-6(2-1-3-6)5-11(8,9)10/h1-5H2. The monoisotopic (exact) mass is 184 g/mol. The van der Waals surface area contributed by atoms with Crippen LogP contribution in [0.2, 0.25) is 0 Å². The van der Waals surface area contributed by atoms with Crippen LogP contribution in [0.5, 0.6) is 0 Å². The lowest BCUT2D eigenvalue weighted by Gasteiger charge is -2.37. The first-order valence-corrected chi connectivity index (χ1v) is 5.01. The van der Waals surface area contributed by atoms with E-state index in [4.69, 9.17) is 0 Å². The molecule has 0 atom stereocenters. The number of halogens is 2. The first-order valence-electron chi connectivity index (χ1n) is 3.46. The van der Waals surface area contributed by atoms with E-state index in [1.807, 2.05) is 0 Å². The van der Waals surface area contributed by atoms with E-state index < -0.39 is 28.1 Å². The van der Waals surface area contributed by atoms with Gasteiger partial charge in [0.1, 0.15) is 0 Å². The predicted octanol–water partition coefficient (Wildman–Crippen LogP) is 1.43. The molecule has 1 aliphatic carbocycles. The molecule has 1 fully saturated rings. The lowest BCUT2D eigenvalue weighted by Crippen LogP contribution is -2.37. The van der Waals surface area contributed by atoms with E-state index in [9.17, 15) is 16.7 Å². The van der Waals surface area contributed by atoms with E-state index in [1.165, 1.54) is 0 Å². The molecule has 0 aliphatic heterocycles. The highest BCUT2D eigenvalue weighted by Gasteiger charge is 2.41. The molecule has 1 rings (SSSR count). The minimum Gasteiger partial charge on any atom is -0.250 e. The van der Waals surface area contributed by atoms with Crippen molar-refractivity contribution in [2.24, 2.45) is 5.41 Å². The van der Waals surface area contributed by atoms with Gasteiger partial charge < -0.3 is 0 Å². The Balaban J connectivity index is 2.59. The Morgan fingerprint density at radius 1 is 1.36 bits per heavy atom. The summed E-state index contributed by atoms with van der Waals surface area (Å²) in [5.74, 6) is -0.642. The fourth-order valence-corrected chi connectivity index (χ4v) is 2.46. The van der Waals surface area contributed by atoms with Gasteiger partial charge in [0.25, 0.3) is 0 Å². The Kier molecular flexibility index (Phi) is 2.18. The second-order valence-electron chi connectivity index (χ2n) is 3.17. The van der Waals surface area contributed by atoms with Crippen molar-refractivity contribution in [3.8, 4) is 0 Å². The molecule has 11 heavy (non-hydrogen) atoms. The van der Waals surface area contributed by atoms with E-state index in [1.54, 1.807) is 0 Å². The summed E-state index contributed by atoms with van der Waals surface area (Å²) in [4.78, 5) is 0. The average molecular weight is 184 g/mol. The van der Waals surface area contributed by atoms with Crippen molar-refractivity contribution in [1.29, 1.82) is 0 Å². The number of hydrogen-bond donors (Lipinski definition) is 0. The molecule has 0 N–H and O–H groups in total. The van der Waals surface area contributed by atoms with Crippen LogP contribution in [0.15, 0.2) is 0 Å². The summed E-state index contributed by atoms with van der Waals surface area (Å²) in [5.41, 5.74) is -0.881. The molecule has 0 unspecified atom stereocenters.